The molecule has 0 aromatic carbocycles. The molecule has 0 saturated heterocycles. The van der Waals surface area contributed by atoms with Gasteiger partial charge in [-0.25, -0.2) is 0 Å². The Morgan fingerprint density at radius 2 is 2.12 bits per heavy atom. The molecule has 0 spiro atoms. The Morgan fingerprint density at radius 3 is 2.65 bits per heavy atom. The van der Waals surface area contributed by atoms with Gasteiger partial charge in [0.2, 0.25) is 11.5 Å². The number of carbonyl (C=O) groups is 2. The van der Waals surface area contributed by atoms with Gasteiger partial charge in [0, 0.05) is 25.9 Å². The smallest absolute Gasteiger partial charge is 0.255 e. The molecule has 1 heterocycles. The van der Waals surface area contributed by atoms with Crippen LogP contribution < -0.4 is 10.9 Å². The first-order chi connectivity index (χ1) is 8.04. The number of rotatable bonds is 4. The minimum absolute atomic E-state index is 0.00814. The van der Waals surface area contributed by atoms with Crippen molar-refractivity contribution in [2.24, 2.45) is 0 Å². The first-order valence-corrected chi connectivity index (χ1v) is 5.25. The van der Waals surface area contributed by atoms with Crippen molar-refractivity contribution < 1.29 is 9.59 Å². The summed E-state index contributed by atoms with van der Waals surface area (Å²) in [6, 6.07) is 2.70. The van der Waals surface area contributed by atoms with Crippen LogP contribution in [0.1, 0.15) is 17.3 Å². The molecule has 0 atom stereocenters. The number of H-pyrrole nitrogens is 1. The minimum Gasteiger partial charge on any atom is -0.355 e. The Morgan fingerprint density at radius 1 is 1.41 bits per heavy atom. The maximum atomic E-state index is 11.8. The maximum Gasteiger partial charge on any atom is 0.255 e. The minimum atomic E-state index is -0.312. The molecule has 0 fully saturated rings. The van der Waals surface area contributed by atoms with E-state index in [4.69, 9.17) is 0 Å². The third kappa shape index (κ3) is 3.75. The van der Waals surface area contributed by atoms with Gasteiger partial charge in [-0.1, -0.05) is 0 Å². The molecule has 0 bridgehead atoms. The van der Waals surface area contributed by atoms with Gasteiger partial charge < -0.3 is 15.2 Å². The summed E-state index contributed by atoms with van der Waals surface area (Å²) in [5.41, 5.74) is 0.0735. The zero-order chi connectivity index (χ0) is 12.8. The van der Waals surface area contributed by atoms with Gasteiger partial charge in [0.25, 0.3) is 5.91 Å². The molecule has 1 aromatic heterocycles. The van der Waals surface area contributed by atoms with E-state index in [1.54, 1.807) is 0 Å². The highest BCUT2D eigenvalue weighted by molar-refractivity contribution is 5.95. The number of carbonyl (C=O) groups excluding carboxylic acids is 2. The van der Waals surface area contributed by atoms with Crippen molar-refractivity contribution in [3.05, 3.63) is 34.2 Å². The third-order valence-corrected chi connectivity index (χ3v) is 2.13. The lowest BCUT2D eigenvalue weighted by Crippen LogP contribution is -2.38. The van der Waals surface area contributed by atoms with Crippen LogP contribution in [0.3, 0.4) is 0 Å². The number of aromatic amines is 1. The zero-order valence-corrected chi connectivity index (χ0v) is 9.82. The second-order valence-electron chi connectivity index (χ2n) is 3.56. The fraction of sp³-hybridized carbons (Fsp3) is 0.364. The predicted molar refractivity (Wildman–Crippen MR) is 62.7 cm³/mol. The Bertz CT molecular complexity index is 447. The summed E-state index contributed by atoms with van der Waals surface area (Å²) < 4.78 is 0. The van der Waals surface area contributed by atoms with E-state index < -0.39 is 0 Å². The molecule has 0 unspecified atom stereocenters. The largest absolute Gasteiger partial charge is 0.355 e. The molecule has 17 heavy (non-hydrogen) atoms. The zero-order valence-electron chi connectivity index (χ0n) is 9.82. The van der Waals surface area contributed by atoms with E-state index in [0.29, 0.717) is 12.1 Å². The quantitative estimate of drug-likeness (QED) is 0.746. The normalized spacial score (nSPS) is 9.76. The van der Waals surface area contributed by atoms with Crippen molar-refractivity contribution in [2.75, 3.05) is 20.1 Å². The summed E-state index contributed by atoms with van der Waals surface area (Å²) >= 11 is 0. The van der Waals surface area contributed by atoms with Gasteiger partial charge in [-0.05, 0) is 13.0 Å². The number of likely N-dealkylation sites (N-methyl/N-ethyl adjacent to an activating group) is 2. The molecule has 2 N–H and O–H groups in total. The Kier molecular flexibility index (Phi) is 4.45. The fourth-order valence-corrected chi connectivity index (χ4v) is 1.30. The number of pyridine rings is 1. The topological polar surface area (TPSA) is 82.3 Å². The fourth-order valence-electron chi connectivity index (χ4n) is 1.30. The van der Waals surface area contributed by atoms with E-state index in [-0.39, 0.29) is 23.9 Å². The average Bonchev–Trinajstić information content (AvgIpc) is 2.29. The van der Waals surface area contributed by atoms with Gasteiger partial charge in [-0.15, -0.1) is 0 Å². The Balaban J connectivity index is 2.66. The maximum absolute atomic E-state index is 11.8. The van der Waals surface area contributed by atoms with Gasteiger partial charge in [-0.3, -0.25) is 14.4 Å². The summed E-state index contributed by atoms with van der Waals surface area (Å²) in [6.45, 7) is 2.33. The van der Waals surface area contributed by atoms with E-state index in [0.717, 1.165) is 0 Å². The number of nitrogens with one attached hydrogen (secondary N) is 2. The summed E-state index contributed by atoms with van der Waals surface area (Å²) in [6.07, 6.45) is 1.33. The van der Waals surface area contributed by atoms with E-state index in [2.05, 4.69) is 10.3 Å². The summed E-state index contributed by atoms with van der Waals surface area (Å²) in [5.74, 6) is -0.528. The molecule has 0 aliphatic heterocycles. The van der Waals surface area contributed by atoms with Crippen molar-refractivity contribution in [3.8, 4) is 0 Å². The van der Waals surface area contributed by atoms with Crippen LogP contribution in [0, 0.1) is 0 Å². The van der Waals surface area contributed by atoms with Gasteiger partial charge >= 0.3 is 0 Å². The van der Waals surface area contributed by atoms with Crippen LogP contribution in [0.15, 0.2) is 23.1 Å². The van der Waals surface area contributed by atoms with Gasteiger partial charge in [0.1, 0.15) is 0 Å². The van der Waals surface area contributed by atoms with Crippen LogP contribution in [0.4, 0.5) is 0 Å². The van der Waals surface area contributed by atoms with Crippen molar-refractivity contribution in [2.45, 2.75) is 6.92 Å². The lowest BCUT2D eigenvalue weighted by atomic mass is 10.2. The lowest BCUT2D eigenvalue weighted by molar-refractivity contribution is -0.121. The van der Waals surface area contributed by atoms with E-state index in [9.17, 15) is 14.4 Å². The molecule has 0 radical (unpaired) electrons. The standard InChI is InChI=1S/C11H15N3O3/c1-3-12-10(16)7-14(2)11(17)8-4-5-9(15)13-6-8/h4-6H,3,7H2,1-2H3,(H,12,16)(H,13,15). The number of hydrogen-bond donors (Lipinski definition) is 2. The van der Waals surface area contributed by atoms with Gasteiger partial charge in [0.05, 0.1) is 12.1 Å². The van der Waals surface area contributed by atoms with Crippen molar-refractivity contribution in [3.63, 3.8) is 0 Å². The Labute approximate surface area is 98.6 Å². The lowest BCUT2D eigenvalue weighted by Gasteiger charge is -2.16. The van der Waals surface area contributed by atoms with Gasteiger partial charge in [0.15, 0.2) is 0 Å². The predicted octanol–water partition coefficient (Wildman–Crippen LogP) is -0.417. The highest BCUT2D eigenvalue weighted by Gasteiger charge is 2.14. The van der Waals surface area contributed by atoms with E-state index in [1.807, 2.05) is 6.92 Å². The number of nitrogens with zero attached hydrogens (tertiary/aromatic N) is 1. The molecule has 1 rings (SSSR count). The molecule has 0 aliphatic rings. The van der Waals surface area contributed by atoms with Crippen LogP contribution in [0.25, 0.3) is 0 Å². The van der Waals surface area contributed by atoms with Crippen LogP contribution in [0.5, 0.6) is 0 Å². The number of hydrogen-bond acceptors (Lipinski definition) is 3. The second-order valence-corrected chi connectivity index (χ2v) is 3.56. The summed E-state index contributed by atoms with van der Waals surface area (Å²) in [4.78, 5) is 37.6. The van der Waals surface area contributed by atoms with Gasteiger partial charge in [-0.2, -0.15) is 0 Å². The molecule has 6 heteroatoms. The second kappa shape index (κ2) is 5.83. The molecule has 6 nitrogen and oxygen atoms in total. The summed E-state index contributed by atoms with van der Waals surface area (Å²) in [7, 11) is 1.53. The molecule has 1 aromatic rings. The van der Waals surface area contributed by atoms with E-state index >= 15 is 0 Å². The first-order valence-electron chi connectivity index (χ1n) is 5.25. The first kappa shape index (κ1) is 13.0. The highest BCUT2D eigenvalue weighted by atomic mass is 16.2. The average molecular weight is 237 g/mol. The number of amides is 2. The van der Waals surface area contributed by atoms with Crippen LogP contribution in [0.2, 0.25) is 0 Å². The molecular formula is C11H15N3O3. The molecular weight excluding hydrogens is 222 g/mol. The summed E-state index contributed by atoms with van der Waals surface area (Å²) in [5, 5.41) is 2.60. The SMILES string of the molecule is CCNC(=O)CN(C)C(=O)c1ccc(=O)[nH]c1. The monoisotopic (exact) mass is 237 g/mol. The molecule has 0 saturated carbocycles. The molecule has 2 amide bonds. The van der Waals surface area contributed by atoms with Crippen LogP contribution >= 0.6 is 0 Å². The van der Waals surface area contributed by atoms with E-state index in [1.165, 1.54) is 30.3 Å². The molecule has 92 valence electrons. The molecule has 0 aliphatic carbocycles. The highest BCUT2D eigenvalue weighted by Crippen LogP contribution is 1.99. The third-order valence-electron chi connectivity index (χ3n) is 2.13. The van der Waals surface area contributed by atoms with Crippen LogP contribution in [-0.2, 0) is 4.79 Å². The number of aromatic nitrogens is 1. The van der Waals surface area contributed by atoms with Crippen LogP contribution in [-0.4, -0.2) is 41.8 Å². The van der Waals surface area contributed by atoms with Crippen molar-refractivity contribution in [1.29, 1.82) is 0 Å². The van der Waals surface area contributed by atoms with Crippen molar-refractivity contribution in [1.82, 2.24) is 15.2 Å². The Hall–Kier alpha value is -2.11. The van der Waals surface area contributed by atoms with Crippen molar-refractivity contribution >= 4 is 11.8 Å².